The van der Waals surface area contributed by atoms with Gasteiger partial charge >= 0.3 is 0 Å². The van der Waals surface area contributed by atoms with Crippen LogP contribution in [0.1, 0.15) is 15.9 Å². The lowest BCUT2D eigenvalue weighted by Gasteiger charge is -2.12. The number of aryl methyl sites for hydroxylation is 1. The topological polar surface area (TPSA) is 72.5 Å². The molecule has 0 unspecified atom stereocenters. The Labute approximate surface area is 168 Å². The smallest absolute Gasteiger partial charge is 0.257 e. The van der Waals surface area contributed by atoms with E-state index in [1.165, 1.54) is 13.3 Å². The molecule has 0 spiro atoms. The molecule has 3 aromatic rings. The van der Waals surface area contributed by atoms with Crippen LogP contribution in [0.4, 0.5) is 17.2 Å². The van der Waals surface area contributed by atoms with Gasteiger partial charge in [0.05, 0.1) is 30.5 Å². The van der Waals surface area contributed by atoms with Crippen molar-refractivity contribution in [2.45, 2.75) is 6.92 Å². The highest BCUT2D eigenvalue weighted by atomic mass is 35.5. The Kier molecular flexibility index (Phi) is 6.01. The number of anilines is 3. The minimum atomic E-state index is -0.284. The molecule has 0 aliphatic carbocycles. The third-order valence-corrected chi connectivity index (χ3v) is 4.35. The van der Waals surface area contributed by atoms with E-state index in [-0.39, 0.29) is 5.91 Å². The van der Waals surface area contributed by atoms with Gasteiger partial charge in [-0.3, -0.25) is 4.79 Å². The molecule has 6 nitrogen and oxygen atoms in total. The van der Waals surface area contributed by atoms with E-state index in [1.807, 2.05) is 25.1 Å². The molecule has 2 N–H and O–H groups in total. The molecule has 1 aromatic heterocycles. The lowest BCUT2D eigenvalue weighted by Crippen LogP contribution is -2.12. The van der Waals surface area contributed by atoms with Crippen molar-refractivity contribution < 1.29 is 14.3 Å². The Bertz CT molecular complexity index is 991. The zero-order valence-corrected chi connectivity index (χ0v) is 16.5. The summed E-state index contributed by atoms with van der Waals surface area (Å²) in [6, 6.07) is 14.3. The van der Waals surface area contributed by atoms with E-state index in [0.29, 0.717) is 33.6 Å². The molecule has 0 fully saturated rings. The molecule has 0 radical (unpaired) electrons. The van der Waals surface area contributed by atoms with Gasteiger partial charge in [0.25, 0.3) is 5.91 Å². The summed E-state index contributed by atoms with van der Waals surface area (Å²) in [6.07, 6.45) is 1.51. The number of hydrogen-bond acceptors (Lipinski definition) is 5. The van der Waals surface area contributed by atoms with E-state index in [9.17, 15) is 4.79 Å². The van der Waals surface area contributed by atoms with Gasteiger partial charge < -0.3 is 20.1 Å². The lowest BCUT2D eigenvalue weighted by atomic mass is 10.2. The van der Waals surface area contributed by atoms with Crippen LogP contribution < -0.4 is 20.1 Å². The van der Waals surface area contributed by atoms with Crippen LogP contribution >= 0.6 is 11.6 Å². The number of ether oxygens (including phenoxy) is 2. The molecule has 1 heterocycles. The van der Waals surface area contributed by atoms with Gasteiger partial charge in [0.15, 0.2) is 0 Å². The van der Waals surface area contributed by atoms with Crippen molar-refractivity contribution in [3.63, 3.8) is 0 Å². The van der Waals surface area contributed by atoms with Crippen LogP contribution in [0.2, 0.25) is 5.02 Å². The summed E-state index contributed by atoms with van der Waals surface area (Å²) < 4.78 is 10.5. The van der Waals surface area contributed by atoms with Gasteiger partial charge in [0.1, 0.15) is 17.3 Å². The Morgan fingerprint density at radius 3 is 2.39 bits per heavy atom. The molecule has 0 aliphatic heterocycles. The van der Waals surface area contributed by atoms with Gasteiger partial charge in [0, 0.05) is 11.9 Å². The number of benzene rings is 2. The van der Waals surface area contributed by atoms with Crippen molar-refractivity contribution >= 4 is 34.7 Å². The molecule has 144 valence electrons. The SMILES string of the molecule is COc1ccc(NC(=O)c2ccc(Nc3cc(C)ccc3OC)nc2)cc1Cl. The zero-order chi connectivity index (χ0) is 20.1. The number of nitrogens with zero attached hydrogens (tertiary/aromatic N) is 1. The second kappa shape index (κ2) is 8.63. The summed E-state index contributed by atoms with van der Waals surface area (Å²) in [6.45, 7) is 2.00. The minimum Gasteiger partial charge on any atom is -0.495 e. The highest BCUT2D eigenvalue weighted by molar-refractivity contribution is 6.32. The van der Waals surface area contributed by atoms with Crippen molar-refractivity contribution in [2.24, 2.45) is 0 Å². The van der Waals surface area contributed by atoms with Gasteiger partial charge in [-0.05, 0) is 55.0 Å². The van der Waals surface area contributed by atoms with Crippen molar-refractivity contribution in [1.29, 1.82) is 0 Å². The molecule has 1 amide bonds. The Morgan fingerprint density at radius 1 is 1.00 bits per heavy atom. The first-order valence-electron chi connectivity index (χ1n) is 8.53. The normalized spacial score (nSPS) is 10.3. The molecular weight excluding hydrogens is 378 g/mol. The first-order chi connectivity index (χ1) is 13.5. The van der Waals surface area contributed by atoms with E-state index in [0.717, 1.165) is 11.3 Å². The molecule has 2 aromatic carbocycles. The Morgan fingerprint density at radius 2 is 1.75 bits per heavy atom. The quantitative estimate of drug-likeness (QED) is 0.608. The van der Waals surface area contributed by atoms with Gasteiger partial charge in [-0.1, -0.05) is 17.7 Å². The van der Waals surface area contributed by atoms with E-state index in [2.05, 4.69) is 15.6 Å². The number of aromatic nitrogens is 1. The summed E-state index contributed by atoms with van der Waals surface area (Å²) in [5, 5.41) is 6.41. The number of pyridine rings is 1. The molecule has 3 rings (SSSR count). The van der Waals surface area contributed by atoms with Crippen LogP contribution in [0.15, 0.2) is 54.7 Å². The Balaban J connectivity index is 1.71. The number of nitrogens with one attached hydrogen (secondary N) is 2. The van der Waals surface area contributed by atoms with Gasteiger partial charge in [-0.15, -0.1) is 0 Å². The molecule has 28 heavy (non-hydrogen) atoms. The summed E-state index contributed by atoms with van der Waals surface area (Å²) in [4.78, 5) is 16.7. The van der Waals surface area contributed by atoms with Crippen LogP contribution in [-0.2, 0) is 0 Å². The van der Waals surface area contributed by atoms with Crippen molar-refractivity contribution in [3.8, 4) is 11.5 Å². The average Bonchev–Trinajstić information content (AvgIpc) is 2.69. The van der Waals surface area contributed by atoms with E-state index in [1.54, 1.807) is 37.4 Å². The van der Waals surface area contributed by atoms with Crippen molar-refractivity contribution in [3.05, 3.63) is 70.9 Å². The predicted octanol–water partition coefficient (Wildman–Crippen LogP) is 5.06. The highest BCUT2D eigenvalue weighted by Gasteiger charge is 2.10. The third kappa shape index (κ3) is 4.53. The molecule has 0 bridgehead atoms. The number of amides is 1. The molecule has 0 atom stereocenters. The fourth-order valence-corrected chi connectivity index (χ4v) is 2.86. The number of carbonyl (C=O) groups excluding carboxylic acids is 1. The average molecular weight is 398 g/mol. The number of hydrogen-bond donors (Lipinski definition) is 2. The van der Waals surface area contributed by atoms with Crippen LogP contribution in [0.25, 0.3) is 0 Å². The number of methoxy groups -OCH3 is 2. The summed E-state index contributed by atoms with van der Waals surface area (Å²) in [7, 11) is 3.15. The molecule has 0 saturated carbocycles. The molecular formula is C21H20ClN3O3. The monoisotopic (exact) mass is 397 g/mol. The first kappa shape index (κ1) is 19.5. The summed E-state index contributed by atoms with van der Waals surface area (Å²) in [5.74, 6) is 1.58. The highest BCUT2D eigenvalue weighted by Crippen LogP contribution is 2.29. The van der Waals surface area contributed by atoms with E-state index in [4.69, 9.17) is 21.1 Å². The summed E-state index contributed by atoms with van der Waals surface area (Å²) >= 11 is 6.09. The van der Waals surface area contributed by atoms with Crippen LogP contribution in [-0.4, -0.2) is 25.1 Å². The molecule has 7 heteroatoms. The fourth-order valence-electron chi connectivity index (χ4n) is 2.61. The van der Waals surface area contributed by atoms with Gasteiger partial charge in [-0.2, -0.15) is 0 Å². The van der Waals surface area contributed by atoms with Crippen LogP contribution in [0, 0.1) is 6.92 Å². The predicted molar refractivity (Wildman–Crippen MR) is 111 cm³/mol. The molecule has 0 saturated heterocycles. The van der Waals surface area contributed by atoms with Crippen molar-refractivity contribution in [2.75, 3.05) is 24.9 Å². The minimum absolute atomic E-state index is 0.284. The second-order valence-electron chi connectivity index (χ2n) is 6.06. The lowest BCUT2D eigenvalue weighted by molar-refractivity contribution is 0.102. The number of halogens is 1. The van der Waals surface area contributed by atoms with Gasteiger partial charge in [0.2, 0.25) is 0 Å². The third-order valence-electron chi connectivity index (χ3n) is 4.05. The fraction of sp³-hybridized carbons (Fsp3) is 0.143. The maximum atomic E-state index is 12.4. The van der Waals surface area contributed by atoms with Gasteiger partial charge in [-0.25, -0.2) is 4.98 Å². The number of rotatable bonds is 6. The Hall–Kier alpha value is -3.25. The van der Waals surface area contributed by atoms with E-state index >= 15 is 0 Å². The second-order valence-corrected chi connectivity index (χ2v) is 6.47. The number of carbonyl (C=O) groups is 1. The summed E-state index contributed by atoms with van der Waals surface area (Å²) in [5.41, 5.74) is 2.90. The largest absolute Gasteiger partial charge is 0.495 e. The zero-order valence-electron chi connectivity index (χ0n) is 15.7. The first-order valence-corrected chi connectivity index (χ1v) is 8.90. The maximum absolute atomic E-state index is 12.4. The van der Waals surface area contributed by atoms with Crippen LogP contribution in [0.5, 0.6) is 11.5 Å². The standard InChI is InChI=1S/C21H20ClN3O3/c1-13-4-7-19(28-3)17(10-13)25-20-9-5-14(12-23-20)21(26)24-15-6-8-18(27-2)16(22)11-15/h4-12H,1-3H3,(H,23,25)(H,24,26). The van der Waals surface area contributed by atoms with E-state index < -0.39 is 0 Å². The maximum Gasteiger partial charge on any atom is 0.257 e. The van der Waals surface area contributed by atoms with Crippen LogP contribution in [0.3, 0.4) is 0 Å². The molecule has 0 aliphatic rings. The van der Waals surface area contributed by atoms with Crippen molar-refractivity contribution in [1.82, 2.24) is 4.98 Å².